The summed E-state index contributed by atoms with van der Waals surface area (Å²) in [6, 6.07) is 55.5. The Morgan fingerprint density at radius 3 is 0.577 bits per heavy atom. The van der Waals surface area contributed by atoms with E-state index in [2.05, 4.69) is 0 Å². The Bertz CT molecular complexity index is 5640. The molecule has 0 atom stereocenters. The zero-order chi connectivity index (χ0) is 52.8. The second kappa shape index (κ2) is 16.3. The smallest absolute Gasteiger partial charge is 0.344 e. The summed E-state index contributed by atoms with van der Waals surface area (Å²) in [5, 5.41) is 10.3. The number of hydrogen-bond donors (Lipinski definition) is 0. The molecule has 0 N–H and O–H groups in total. The van der Waals surface area contributed by atoms with Crippen LogP contribution in [0.15, 0.2) is 241 Å². The van der Waals surface area contributed by atoms with Gasteiger partial charge >= 0.3 is 11.3 Å². The molecule has 2 heterocycles. The van der Waals surface area contributed by atoms with Gasteiger partial charge in [0.15, 0.2) is 32.6 Å². The van der Waals surface area contributed by atoms with Crippen LogP contribution in [0.2, 0.25) is 0 Å². The molecular formula is C68H32O10. The van der Waals surface area contributed by atoms with Gasteiger partial charge in [0.2, 0.25) is 0 Å². The van der Waals surface area contributed by atoms with Crippen LogP contribution in [0.3, 0.4) is 0 Å². The summed E-state index contributed by atoms with van der Waals surface area (Å²) in [5.74, 6) is 0. The first-order valence-electron chi connectivity index (χ1n) is 25.1. The second-order valence-electron chi connectivity index (χ2n) is 19.5. The maximum Gasteiger partial charge on any atom is 0.344 e. The average Bonchev–Trinajstić information content (AvgIpc) is 3.64. The van der Waals surface area contributed by atoms with Gasteiger partial charge < -0.3 is 8.83 Å². The second-order valence-corrected chi connectivity index (χ2v) is 19.5. The van der Waals surface area contributed by atoms with Gasteiger partial charge in [0.25, 0.3) is 0 Å². The summed E-state index contributed by atoms with van der Waals surface area (Å²) < 4.78 is 11.7. The number of fused-ring (bicyclic) bond motifs is 26. The maximum atomic E-state index is 14.6. The zero-order valence-corrected chi connectivity index (χ0v) is 40.6. The Morgan fingerprint density at radius 2 is 0.333 bits per heavy atom. The van der Waals surface area contributed by atoms with Crippen molar-refractivity contribution in [3.63, 3.8) is 0 Å². The molecule has 14 aromatic carbocycles. The van der Waals surface area contributed by atoms with Crippen LogP contribution >= 0.6 is 0 Å². The SMILES string of the molecule is O=c1oc2ccccc2c2c(c(=O)c3ccccc13)c1c3ccccc3c(=O)c1c1c3ccccc3c(=O)c21.O=c1oc2ccccc2c2c(c(=O)c3ccccc13)c1c3ccccc3c(=O)c1c1c3ccccc3c(=O)c21. The molecule has 2 aromatic heterocycles. The molecule has 0 aliphatic carbocycles. The monoisotopic (exact) mass is 1010 g/mol. The van der Waals surface area contributed by atoms with Crippen LogP contribution in [0.5, 0.6) is 0 Å². The van der Waals surface area contributed by atoms with Gasteiger partial charge in [-0.2, -0.15) is 0 Å². The third-order valence-corrected chi connectivity index (χ3v) is 15.6. The minimum atomic E-state index is -0.668. The Balaban J connectivity index is 0.000000136. The quantitative estimate of drug-likeness (QED) is 0.143. The van der Waals surface area contributed by atoms with Crippen LogP contribution in [0.1, 0.15) is 0 Å². The van der Waals surface area contributed by atoms with Gasteiger partial charge in [0.05, 0.1) is 10.8 Å². The molecule has 78 heavy (non-hydrogen) atoms. The van der Waals surface area contributed by atoms with Gasteiger partial charge in [-0.05, 0) is 45.8 Å². The van der Waals surface area contributed by atoms with E-state index >= 15 is 0 Å². The van der Waals surface area contributed by atoms with E-state index < -0.39 is 22.1 Å². The fourth-order valence-electron chi connectivity index (χ4n) is 12.4. The molecule has 10 heteroatoms. The fraction of sp³-hybridized carbons (Fsp3) is 0. The lowest BCUT2D eigenvalue weighted by Crippen LogP contribution is -2.05. The predicted molar refractivity (Wildman–Crippen MR) is 315 cm³/mol. The minimum Gasteiger partial charge on any atom is -0.422 e. The maximum absolute atomic E-state index is 14.6. The summed E-state index contributed by atoms with van der Waals surface area (Å²) in [7, 11) is 0. The minimum absolute atomic E-state index is 0.117. The third kappa shape index (κ3) is 5.90. The fourth-order valence-corrected chi connectivity index (χ4v) is 12.4. The van der Waals surface area contributed by atoms with Crippen LogP contribution in [0.4, 0.5) is 0 Å². The summed E-state index contributed by atoms with van der Waals surface area (Å²) in [6.45, 7) is 0. The van der Waals surface area contributed by atoms with Crippen LogP contribution in [0.25, 0.3) is 151 Å². The highest BCUT2D eigenvalue weighted by molar-refractivity contribution is 6.43. The first kappa shape index (κ1) is 44.6. The van der Waals surface area contributed by atoms with Crippen LogP contribution in [-0.4, -0.2) is 0 Å². The van der Waals surface area contributed by atoms with Gasteiger partial charge in [-0.3, -0.25) is 28.8 Å². The molecule has 364 valence electrons. The van der Waals surface area contributed by atoms with Gasteiger partial charge in [0, 0.05) is 108 Å². The van der Waals surface area contributed by atoms with Crippen molar-refractivity contribution in [3.8, 4) is 0 Å². The van der Waals surface area contributed by atoms with Crippen LogP contribution < -0.4 is 43.8 Å². The van der Waals surface area contributed by atoms with E-state index in [1.165, 1.54) is 0 Å². The largest absolute Gasteiger partial charge is 0.422 e. The number of hydrogen-bond acceptors (Lipinski definition) is 10. The standard InChI is InChI=1S/2C34H16O5/c2*35-31-19-11-3-1-9-17(19)26-28(31)25-18-10-2-4-12-20(18)32(36)29(25)27-23-15-7-8-16-24(23)39-34(38)22-14-6-5-13-21(22)33(37)30(26)27/h2*1-16H. The molecule has 0 bridgehead atoms. The predicted octanol–water partition coefficient (Wildman–Crippen LogP) is 12.5. The first-order valence-corrected chi connectivity index (χ1v) is 25.1. The average molecular weight is 1010 g/mol. The summed E-state index contributed by atoms with van der Waals surface area (Å²) in [5.41, 5.74) is -2.76. The molecule has 16 aromatic rings. The van der Waals surface area contributed by atoms with Gasteiger partial charge in [-0.15, -0.1) is 0 Å². The van der Waals surface area contributed by atoms with E-state index in [9.17, 15) is 38.4 Å². The normalized spacial score (nSPS) is 12.0. The van der Waals surface area contributed by atoms with Crippen LogP contribution in [-0.2, 0) is 0 Å². The number of benzene rings is 10. The van der Waals surface area contributed by atoms with Crippen LogP contribution in [0, 0.1) is 0 Å². The molecule has 0 saturated carbocycles. The lowest BCUT2D eigenvalue weighted by atomic mass is 9.95. The van der Waals surface area contributed by atoms with Crippen molar-refractivity contribution in [1.82, 2.24) is 0 Å². The van der Waals surface area contributed by atoms with Crippen molar-refractivity contribution < 1.29 is 8.83 Å². The Kier molecular flexibility index (Phi) is 9.34. The molecule has 16 rings (SSSR count). The number of para-hydroxylation sites is 2. The van der Waals surface area contributed by atoms with Gasteiger partial charge in [0.1, 0.15) is 11.2 Å². The highest BCUT2D eigenvalue weighted by Crippen LogP contribution is 2.43. The topological polar surface area (TPSA) is 163 Å². The highest BCUT2D eigenvalue weighted by Gasteiger charge is 2.27. The zero-order valence-electron chi connectivity index (χ0n) is 40.6. The van der Waals surface area contributed by atoms with Crippen molar-refractivity contribution in [2.24, 2.45) is 0 Å². The third-order valence-electron chi connectivity index (χ3n) is 15.6. The lowest BCUT2D eigenvalue weighted by molar-refractivity contribution is 0.571. The Morgan fingerprint density at radius 1 is 0.167 bits per heavy atom. The van der Waals surface area contributed by atoms with Crippen molar-refractivity contribution in [3.05, 3.63) is 276 Å². The highest BCUT2D eigenvalue weighted by atomic mass is 16.4. The lowest BCUT2D eigenvalue weighted by Gasteiger charge is -2.05. The molecular weight excluding hydrogens is 977 g/mol. The molecule has 10 nitrogen and oxygen atoms in total. The van der Waals surface area contributed by atoms with Gasteiger partial charge in [-0.25, -0.2) is 9.59 Å². The summed E-state index contributed by atoms with van der Waals surface area (Å²) >= 11 is 0. The van der Waals surface area contributed by atoms with E-state index in [1.807, 2.05) is 48.5 Å². The Labute approximate surface area is 434 Å². The van der Waals surface area contributed by atoms with E-state index in [-0.39, 0.29) is 76.0 Å². The molecule has 0 saturated heterocycles. The first-order chi connectivity index (χ1) is 38.1. The number of rotatable bonds is 0. The molecule has 0 spiro atoms. The molecule has 0 fully saturated rings. The van der Waals surface area contributed by atoms with Crippen molar-refractivity contribution in [2.45, 2.75) is 0 Å². The van der Waals surface area contributed by atoms with Gasteiger partial charge in [-0.1, -0.05) is 170 Å². The Hall–Kier alpha value is -10.8. The van der Waals surface area contributed by atoms with E-state index in [4.69, 9.17) is 8.83 Å². The molecule has 0 aliphatic heterocycles. The summed E-state index contributed by atoms with van der Waals surface area (Å²) in [6.07, 6.45) is 0. The molecule has 0 aliphatic rings. The molecule has 0 amide bonds. The van der Waals surface area contributed by atoms with Crippen molar-refractivity contribution >= 4 is 151 Å². The molecule has 0 unspecified atom stereocenters. The van der Waals surface area contributed by atoms with Crippen molar-refractivity contribution in [2.75, 3.05) is 0 Å². The van der Waals surface area contributed by atoms with E-state index in [0.29, 0.717) is 97.0 Å². The van der Waals surface area contributed by atoms with E-state index in [1.54, 1.807) is 146 Å². The van der Waals surface area contributed by atoms with E-state index in [0.717, 1.165) is 0 Å². The molecule has 0 radical (unpaired) electrons. The van der Waals surface area contributed by atoms with Crippen molar-refractivity contribution in [1.29, 1.82) is 0 Å². The summed E-state index contributed by atoms with van der Waals surface area (Å²) in [4.78, 5) is 112.